The number of hydrogen-bond acceptors (Lipinski definition) is 4. The normalized spacial score (nSPS) is 12.9. The summed E-state index contributed by atoms with van der Waals surface area (Å²) in [6.45, 7) is 2.68. The molecular formula is C18H24Cl2N4O. The number of nitrogens with one attached hydrogen (secondary N) is 1. The molecule has 5 nitrogen and oxygen atoms in total. The molecule has 1 aliphatic heterocycles. The summed E-state index contributed by atoms with van der Waals surface area (Å²) >= 11 is 0. The summed E-state index contributed by atoms with van der Waals surface area (Å²) in [4.78, 5) is 18.8. The Morgan fingerprint density at radius 3 is 2.28 bits per heavy atom. The van der Waals surface area contributed by atoms with Gasteiger partial charge in [0.2, 0.25) is 5.91 Å². The number of aromatic nitrogens is 1. The van der Waals surface area contributed by atoms with Crippen molar-refractivity contribution in [3.8, 4) is 0 Å². The van der Waals surface area contributed by atoms with Crippen LogP contribution in [0.25, 0.3) is 0 Å². The fraction of sp³-hybridized carbons (Fsp3) is 0.333. The largest absolute Gasteiger partial charge is 0.399 e. The Balaban J connectivity index is 0.00000156. The van der Waals surface area contributed by atoms with Gasteiger partial charge in [0.25, 0.3) is 0 Å². The van der Waals surface area contributed by atoms with Gasteiger partial charge in [-0.2, -0.15) is 0 Å². The van der Waals surface area contributed by atoms with Crippen molar-refractivity contribution < 1.29 is 4.79 Å². The first-order chi connectivity index (χ1) is 11.2. The fourth-order valence-corrected chi connectivity index (χ4v) is 2.74. The van der Waals surface area contributed by atoms with Gasteiger partial charge in [0.1, 0.15) is 5.82 Å². The maximum Gasteiger partial charge on any atom is 0.224 e. The predicted molar refractivity (Wildman–Crippen MR) is 107 cm³/mol. The average molecular weight is 383 g/mol. The summed E-state index contributed by atoms with van der Waals surface area (Å²) < 4.78 is 0. The molecule has 1 aliphatic rings. The minimum Gasteiger partial charge on any atom is -0.399 e. The third-order valence-corrected chi connectivity index (χ3v) is 4.07. The number of hydrogen-bond donors (Lipinski definition) is 2. The van der Waals surface area contributed by atoms with Crippen molar-refractivity contribution in [3.63, 3.8) is 0 Å². The quantitative estimate of drug-likeness (QED) is 0.779. The van der Waals surface area contributed by atoms with Crippen molar-refractivity contribution in [1.82, 2.24) is 10.3 Å². The van der Waals surface area contributed by atoms with Crippen LogP contribution in [-0.4, -0.2) is 24.0 Å². The van der Waals surface area contributed by atoms with Crippen LogP contribution in [0.1, 0.15) is 24.0 Å². The zero-order valence-electron chi connectivity index (χ0n) is 14.0. The molecular weight excluding hydrogens is 359 g/mol. The van der Waals surface area contributed by atoms with Crippen LogP contribution < -0.4 is 16.0 Å². The lowest BCUT2D eigenvalue weighted by Crippen LogP contribution is -2.24. The monoisotopic (exact) mass is 382 g/mol. The number of nitrogen functional groups attached to an aromatic ring is 1. The van der Waals surface area contributed by atoms with E-state index in [4.69, 9.17) is 5.73 Å². The predicted octanol–water partition coefficient (Wildman–Crippen LogP) is 2.97. The average Bonchev–Trinajstić information content (AvgIpc) is 3.10. The van der Waals surface area contributed by atoms with Gasteiger partial charge < -0.3 is 16.0 Å². The molecule has 25 heavy (non-hydrogen) atoms. The van der Waals surface area contributed by atoms with E-state index in [9.17, 15) is 4.79 Å². The number of pyridine rings is 1. The highest BCUT2D eigenvalue weighted by molar-refractivity contribution is 5.85. The van der Waals surface area contributed by atoms with Crippen LogP contribution >= 0.6 is 24.8 Å². The number of benzene rings is 1. The topological polar surface area (TPSA) is 71.2 Å². The van der Waals surface area contributed by atoms with E-state index in [1.807, 2.05) is 42.6 Å². The highest BCUT2D eigenvalue weighted by atomic mass is 35.5. The Labute approximate surface area is 160 Å². The van der Waals surface area contributed by atoms with Crippen LogP contribution in [-0.2, 0) is 17.8 Å². The van der Waals surface area contributed by atoms with Crippen molar-refractivity contribution in [2.45, 2.75) is 25.8 Å². The van der Waals surface area contributed by atoms with Crippen LogP contribution in [0.4, 0.5) is 11.5 Å². The SMILES string of the molecule is Cl.Cl.Nc1ccc(CC(=O)NCc2ccc(N3CCCC3)nc2)cc1. The van der Waals surface area contributed by atoms with Crippen LogP contribution in [0.5, 0.6) is 0 Å². The van der Waals surface area contributed by atoms with E-state index < -0.39 is 0 Å². The Kier molecular flexibility index (Phi) is 8.52. The van der Waals surface area contributed by atoms with Gasteiger partial charge in [0, 0.05) is 31.5 Å². The number of rotatable bonds is 5. The zero-order chi connectivity index (χ0) is 16.1. The van der Waals surface area contributed by atoms with Gasteiger partial charge in [-0.15, -0.1) is 24.8 Å². The number of halogens is 2. The summed E-state index contributed by atoms with van der Waals surface area (Å²) in [6, 6.07) is 11.4. The summed E-state index contributed by atoms with van der Waals surface area (Å²) in [5.41, 5.74) is 8.32. The number of nitrogens with zero attached hydrogens (tertiary/aromatic N) is 2. The molecule has 0 bridgehead atoms. The molecule has 1 aromatic heterocycles. The lowest BCUT2D eigenvalue weighted by atomic mass is 10.1. The van der Waals surface area contributed by atoms with Crippen molar-refractivity contribution in [2.75, 3.05) is 23.7 Å². The van der Waals surface area contributed by atoms with E-state index >= 15 is 0 Å². The zero-order valence-corrected chi connectivity index (χ0v) is 15.6. The highest BCUT2D eigenvalue weighted by Crippen LogP contribution is 2.17. The van der Waals surface area contributed by atoms with Gasteiger partial charge in [-0.05, 0) is 42.2 Å². The maximum absolute atomic E-state index is 12.0. The molecule has 0 atom stereocenters. The number of carbonyl (C=O) groups is 1. The van der Waals surface area contributed by atoms with Gasteiger partial charge in [-0.1, -0.05) is 18.2 Å². The summed E-state index contributed by atoms with van der Waals surface area (Å²) in [6.07, 6.45) is 4.69. The van der Waals surface area contributed by atoms with Crippen molar-refractivity contribution >= 4 is 42.2 Å². The minimum absolute atomic E-state index is 0. The number of carbonyl (C=O) groups excluding carboxylic acids is 1. The molecule has 7 heteroatoms. The summed E-state index contributed by atoms with van der Waals surface area (Å²) in [5.74, 6) is 1.03. The Bertz CT molecular complexity index is 656. The molecule has 1 amide bonds. The Morgan fingerprint density at radius 1 is 1.04 bits per heavy atom. The van der Waals surface area contributed by atoms with Crippen LogP contribution in [0, 0.1) is 0 Å². The van der Waals surface area contributed by atoms with Gasteiger partial charge in [0.15, 0.2) is 0 Å². The lowest BCUT2D eigenvalue weighted by molar-refractivity contribution is -0.120. The first-order valence-corrected chi connectivity index (χ1v) is 8.02. The molecule has 2 heterocycles. The van der Waals surface area contributed by atoms with Crippen molar-refractivity contribution in [1.29, 1.82) is 0 Å². The number of nitrogens with two attached hydrogens (primary N) is 1. The summed E-state index contributed by atoms with van der Waals surface area (Å²) in [5, 5.41) is 2.93. The number of anilines is 2. The molecule has 0 saturated carbocycles. The van der Waals surface area contributed by atoms with E-state index in [1.54, 1.807) is 0 Å². The van der Waals surface area contributed by atoms with E-state index in [-0.39, 0.29) is 30.7 Å². The molecule has 136 valence electrons. The second-order valence-electron chi connectivity index (χ2n) is 5.91. The highest BCUT2D eigenvalue weighted by Gasteiger charge is 2.13. The molecule has 0 spiro atoms. The van der Waals surface area contributed by atoms with Crippen molar-refractivity contribution in [2.24, 2.45) is 0 Å². The molecule has 3 N–H and O–H groups in total. The van der Waals surface area contributed by atoms with E-state index in [2.05, 4.69) is 15.2 Å². The Hall–Kier alpha value is -1.98. The third-order valence-electron chi connectivity index (χ3n) is 4.07. The van der Waals surface area contributed by atoms with Crippen LogP contribution in [0.2, 0.25) is 0 Å². The first-order valence-electron chi connectivity index (χ1n) is 8.02. The van der Waals surface area contributed by atoms with Crippen LogP contribution in [0.3, 0.4) is 0 Å². The first kappa shape index (κ1) is 21.1. The lowest BCUT2D eigenvalue weighted by Gasteiger charge is -2.16. The van der Waals surface area contributed by atoms with Gasteiger partial charge in [-0.3, -0.25) is 4.79 Å². The van der Waals surface area contributed by atoms with Gasteiger partial charge in [0.05, 0.1) is 6.42 Å². The fourth-order valence-electron chi connectivity index (χ4n) is 2.74. The number of amides is 1. The second-order valence-corrected chi connectivity index (χ2v) is 5.91. The van der Waals surface area contributed by atoms with Gasteiger partial charge in [-0.25, -0.2) is 4.98 Å². The second kappa shape index (κ2) is 10.1. The van der Waals surface area contributed by atoms with Gasteiger partial charge >= 0.3 is 0 Å². The summed E-state index contributed by atoms with van der Waals surface area (Å²) in [7, 11) is 0. The Morgan fingerprint density at radius 2 is 1.68 bits per heavy atom. The van der Waals surface area contributed by atoms with Crippen molar-refractivity contribution in [3.05, 3.63) is 53.7 Å². The standard InChI is InChI=1S/C18H22N4O.2ClH/c19-16-6-3-14(4-7-16)11-18(23)21-13-15-5-8-17(20-12-15)22-9-1-2-10-22;;/h3-8,12H,1-2,9-11,13,19H2,(H,21,23);2*1H. The van der Waals surface area contributed by atoms with E-state index in [1.165, 1.54) is 12.8 Å². The molecule has 1 aromatic carbocycles. The molecule has 0 unspecified atom stereocenters. The molecule has 1 saturated heterocycles. The van der Waals surface area contributed by atoms with E-state index in [0.29, 0.717) is 18.7 Å². The maximum atomic E-state index is 12.0. The third kappa shape index (κ3) is 6.11. The molecule has 3 rings (SSSR count). The smallest absolute Gasteiger partial charge is 0.224 e. The molecule has 0 radical (unpaired) electrons. The van der Waals surface area contributed by atoms with E-state index in [0.717, 1.165) is 30.0 Å². The molecule has 0 aliphatic carbocycles. The minimum atomic E-state index is -0.00149. The van der Waals surface area contributed by atoms with Crippen LogP contribution in [0.15, 0.2) is 42.6 Å². The molecule has 2 aromatic rings. The molecule has 1 fully saturated rings.